The Labute approximate surface area is 139 Å². The van der Waals surface area contributed by atoms with Crippen molar-refractivity contribution in [3.8, 4) is 0 Å². The Morgan fingerprint density at radius 1 is 1.17 bits per heavy atom. The van der Waals surface area contributed by atoms with Crippen molar-refractivity contribution in [2.45, 2.75) is 20.0 Å². The lowest BCUT2D eigenvalue weighted by Gasteiger charge is -2.10. The first-order valence-electron chi connectivity index (χ1n) is 7.87. The topological polar surface area (TPSA) is 73.8 Å². The van der Waals surface area contributed by atoms with Crippen LogP contribution in [0.5, 0.6) is 0 Å². The van der Waals surface area contributed by atoms with Gasteiger partial charge in [0.05, 0.1) is 11.0 Å². The molecule has 0 aliphatic heterocycles. The second-order valence-electron chi connectivity index (χ2n) is 5.89. The molecule has 3 rings (SSSR count). The molecule has 0 saturated carbocycles. The van der Waals surface area contributed by atoms with E-state index in [1.807, 2.05) is 25.1 Å². The van der Waals surface area contributed by atoms with E-state index < -0.39 is 0 Å². The van der Waals surface area contributed by atoms with Gasteiger partial charge in [0.1, 0.15) is 5.82 Å². The number of benzene rings is 1. The average Bonchev–Trinajstić information content (AvgIpc) is 2.89. The summed E-state index contributed by atoms with van der Waals surface area (Å²) in [5, 5.41) is 3.27. The third-order valence-corrected chi connectivity index (χ3v) is 4.19. The molecule has 0 atom stereocenters. The third-order valence-electron chi connectivity index (χ3n) is 4.19. The van der Waals surface area contributed by atoms with Crippen LogP contribution in [0, 0.1) is 6.92 Å². The van der Waals surface area contributed by atoms with E-state index in [1.165, 1.54) is 11.6 Å². The molecule has 7 heteroatoms. The third kappa shape index (κ3) is 2.90. The van der Waals surface area contributed by atoms with Crippen molar-refractivity contribution >= 4 is 11.0 Å². The fourth-order valence-corrected chi connectivity index (χ4v) is 2.90. The summed E-state index contributed by atoms with van der Waals surface area (Å²) in [5.41, 5.74) is 2.10. The van der Waals surface area contributed by atoms with Gasteiger partial charge in [-0.05, 0) is 19.1 Å². The van der Waals surface area contributed by atoms with Crippen molar-refractivity contribution < 1.29 is 0 Å². The predicted octanol–water partition coefficient (Wildman–Crippen LogP) is 0.532. The number of fused-ring (bicyclic) bond motifs is 1. The summed E-state index contributed by atoms with van der Waals surface area (Å²) in [6.45, 7) is 3.88. The first kappa shape index (κ1) is 16.2. The van der Waals surface area contributed by atoms with E-state index in [4.69, 9.17) is 0 Å². The summed E-state index contributed by atoms with van der Waals surface area (Å²) < 4.78 is 4.71. The largest absolute Gasteiger partial charge is 0.330 e. The zero-order valence-corrected chi connectivity index (χ0v) is 14.1. The summed E-state index contributed by atoms with van der Waals surface area (Å²) in [7, 11) is 3.14. The summed E-state index contributed by atoms with van der Waals surface area (Å²) in [6.07, 6.45) is 1.59. The number of hydrogen-bond donors (Lipinski definition) is 1. The number of aromatic nitrogens is 4. The Morgan fingerprint density at radius 2 is 1.92 bits per heavy atom. The standard InChI is InChI=1S/C17H21N5O2/c1-12-19-14-6-4-5-7-15(14)22(12)9-8-18-10-13-11-20(2)17(24)21(3)16(13)23/h4-7,11,18H,8-10H2,1-3H3. The van der Waals surface area contributed by atoms with Crippen LogP contribution >= 0.6 is 0 Å². The number of para-hydroxylation sites is 2. The van der Waals surface area contributed by atoms with Gasteiger partial charge in [0.2, 0.25) is 0 Å². The number of imidazole rings is 1. The highest BCUT2D eigenvalue weighted by Crippen LogP contribution is 2.14. The molecule has 0 saturated heterocycles. The van der Waals surface area contributed by atoms with Crippen molar-refractivity contribution in [3.63, 3.8) is 0 Å². The van der Waals surface area contributed by atoms with E-state index >= 15 is 0 Å². The molecule has 1 aromatic carbocycles. The molecule has 1 N–H and O–H groups in total. The van der Waals surface area contributed by atoms with Crippen LogP contribution in [-0.4, -0.2) is 25.2 Å². The van der Waals surface area contributed by atoms with Crippen LogP contribution in [0.1, 0.15) is 11.4 Å². The van der Waals surface area contributed by atoms with Gasteiger partial charge in [0.15, 0.2) is 0 Å². The van der Waals surface area contributed by atoms with Gasteiger partial charge in [-0.25, -0.2) is 9.78 Å². The minimum Gasteiger partial charge on any atom is -0.327 e. The minimum absolute atomic E-state index is 0.255. The Kier molecular flexibility index (Phi) is 4.35. The fraction of sp³-hybridized carbons (Fsp3) is 0.353. The van der Waals surface area contributed by atoms with Crippen LogP contribution in [0.2, 0.25) is 0 Å². The molecule has 24 heavy (non-hydrogen) atoms. The van der Waals surface area contributed by atoms with Gasteiger partial charge in [-0.3, -0.25) is 9.36 Å². The van der Waals surface area contributed by atoms with Crippen molar-refractivity contribution in [3.05, 3.63) is 62.7 Å². The minimum atomic E-state index is -0.315. The van der Waals surface area contributed by atoms with E-state index in [9.17, 15) is 9.59 Å². The van der Waals surface area contributed by atoms with Crippen LogP contribution < -0.4 is 16.6 Å². The summed E-state index contributed by atoms with van der Waals surface area (Å²) in [6, 6.07) is 8.03. The molecule has 0 bridgehead atoms. The molecule has 0 unspecified atom stereocenters. The normalized spacial score (nSPS) is 11.3. The van der Waals surface area contributed by atoms with Crippen molar-refractivity contribution in [2.24, 2.45) is 14.1 Å². The Morgan fingerprint density at radius 3 is 2.71 bits per heavy atom. The SMILES string of the molecule is Cc1nc2ccccc2n1CCNCc1cn(C)c(=O)n(C)c1=O. The molecule has 0 aliphatic rings. The maximum Gasteiger partial charge on any atom is 0.330 e. The number of nitrogens with one attached hydrogen (secondary N) is 1. The molecular weight excluding hydrogens is 306 g/mol. The maximum atomic E-state index is 12.1. The lowest BCUT2D eigenvalue weighted by atomic mass is 10.3. The second-order valence-corrected chi connectivity index (χ2v) is 5.89. The zero-order chi connectivity index (χ0) is 17.3. The maximum absolute atomic E-state index is 12.1. The molecular formula is C17H21N5O2. The van der Waals surface area contributed by atoms with Gasteiger partial charge in [-0.2, -0.15) is 0 Å². The molecule has 126 valence electrons. The van der Waals surface area contributed by atoms with Crippen molar-refractivity contribution in [1.29, 1.82) is 0 Å². The first-order valence-corrected chi connectivity index (χ1v) is 7.87. The van der Waals surface area contributed by atoms with Crippen molar-refractivity contribution in [2.75, 3.05) is 6.54 Å². The fourth-order valence-electron chi connectivity index (χ4n) is 2.90. The molecule has 0 spiro atoms. The lowest BCUT2D eigenvalue weighted by Crippen LogP contribution is -2.39. The van der Waals surface area contributed by atoms with E-state index in [0.717, 1.165) is 28.0 Å². The van der Waals surface area contributed by atoms with E-state index in [1.54, 1.807) is 13.2 Å². The van der Waals surface area contributed by atoms with Crippen LogP contribution in [0.25, 0.3) is 11.0 Å². The molecule has 2 aromatic heterocycles. The molecule has 2 heterocycles. The highest BCUT2D eigenvalue weighted by Gasteiger charge is 2.08. The van der Waals surface area contributed by atoms with Crippen molar-refractivity contribution in [1.82, 2.24) is 24.0 Å². The zero-order valence-electron chi connectivity index (χ0n) is 14.1. The van der Waals surface area contributed by atoms with Gasteiger partial charge >= 0.3 is 5.69 Å². The highest BCUT2D eigenvalue weighted by molar-refractivity contribution is 5.75. The summed E-state index contributed by atoms with van der Waals surface area (Å²) >= 11 is 0. The van der Waals surface area contributed by atoms with Crippen LogP contribution in [0.4, 0.5) is 0 Å². The Hall–Kier alpha value is -2.67. The van der Waals surface area contributed by atoms with Crippen LogP contribution in [0.3, 0.4) is 0 Å². The van der Waals surface area contributed by atoms with Gasteiger partial charge < -0.3 is 14.5 Å². The number of nitrogens with zero attached hydrogens (tertiary/aromatic N) is 4. The summed E-state index contributed by atoms with van der Waals surface area (Å²) in [5.74, 6) is 0.969. The molecule has 0 fully saturated rings. The Balaban J connectivity index is 1.69. The molecule has 7 nitrogen and oxygen atoms in total. The average molecular weight is 327 g/mol. The monoisotopic (exact) mass is 327 g/mol. The number of rotatable bonds is 5. The van der Waals surface area contributed by atoms with E-state index in [-0.39, 0.29) is 11.2 Å². The van der Waals surface area contributed by atoms with Gasteiger partial charge in [-0.1, -0.05) is 12.1 Å². The van der Waals surface area contributed by atoms with Crippen LogP contribution in [0.15, 0.2) is 40.1 Å². The molecule has 0 radical (unpaired) electrons. The Bertz CT molecular complexity index is 996. The lowest BCUT2D eigenvalue weighted by molar-refractivity contribution is 0.582. The van der Waals surface area contributed by atoms with Gasteiger partial charge in [-0.15, -0.1) is 0 Å². The summed E-state index contributed by atoms with van der Waals surface area (Å²) in [4.78, 5) is 28.3. The highest BCUT2D eigenvalue weighted by atomic mass is 16.2. The quantitative estimate of drug-likeness (QED) is 0.694. The second kappa shape index (κ2) is 6.45. The smallest absolute Gasteiger partial charge is 0.327 e. The molecule has 3 aromatic rings. The molecule has 0 amide bonds. The predicted molar refractivity (Wildman–Crippen MR) is 93.1 cm³/mol. The molecule has 0 aliphatic carbocycles. The number of hydrogen-bond acceptors (Lipinski definition) is 4. The van der Waals surface area contributed by atoms with Crippen LogP contribution in [-0.2, 0) is 27.2 Å². The van der Waals surface area contributed by atoms with E-state index in [2.05, 4.69) is 20.9 Å². The van der Waals surface area contributed by atoms with Gasteiger partial charge in [0, 0.05) is 45.5 Å². The number of aryl methyl sites for hydroxylation is 2. The van der Waals surface area contributed by atoms with Gasteiger partial charge in [0.25, 0.3) is 5.56 Å². The first-order chi connectivity index (χ1) is 11.5. The van der Waals surface area contributed by atoms with E-state index in [0.29, 0.717) is 18.7 Å².